The van der Waals surface area contributed by atoms with E-state index < -0.39 is 11.9 Å². The Kier molecular flexibility index (Phi) is 4.08. The fraction of sp³-hybridized carbons (Fsp3) is 0.333. The second kappa shape index (κ2) is 5.77. The van der Waals surface area contributed by atoms with E-state index in [1.54, 1.807) is 24.2 Å². The summed E-state index contributed by atoms with van der Waals surface area (Å²) in [5.74, 6) is 5.77. The van der Waals surface area contributed by atoms with Crippen LogP contribution in [0.25, 0.3) is 0 Å². The lowest BCUT2D eigenvalue weighted by Crippen LogP contribution is -2.31. The van der Waals surface area contributed by atoms with Crippen LogP contribution in [0.3, 0.4) is 0 Å². The monoisotopic (exact) mass is 265 g/mol. The van der Waals surface area contributed by atoms with Crippen molar-refractivity contribution >= 4 is 0 Å². The number of ether oxygens (including phenoxy) is 1. The van der Waals surface area contributed by atoms with Gasteiger partial charge in [-0.2, -0.15) is 5.10 Å². The fourth-order valence-corrected chi connectivity index (χ4v) is 2.00. The molecule has 2 aromatic heterocycles. The predicted molar refractivity (Wildman–Crippen MR) is 67.8 cm³/mol. The van der Waals surface area contributed by atoms with Crippen molar-refractivity contribution in [2.45, 2.75) is 19.5 Å². The molecule has 0 bridgehead atoms. The molecule has 0 radical (unpaired) electrons. The van der Waals surface area contributed by atoms with Gasteiger partial charge in [0, 0.05) is 12.7 Å². The smallest absolute Gasteiger partial charge is 0.161 e. The Bertz CT molecular complexity index is 535. The zero-order valence-electron chi connectivity index (χ0n) is 10.8. The molecule has 3 N–H and O–H groups in total. The van der Waals surface area contributed by atoms with Crippen molar-refractivity contribution in [2.24, 2.45) is 5.84 Å². The highest BCUT2D eigenvalue weighted by Crippen LogP contribution is 2.29. The number of pyridine rings is 1. The SMILES string of the molecule is CCn1ncc(OC)c1C(NN)c1cncc(F)c1. The molecule has 0 amide bonds. The minimum atomic E-state index is -0.444. The predicted octanol–water partition coefficient (Wildman–Crippen LogP) is 0.998. The Morgan fingerprint density at radius 3 is 2.84 bits per heavy atom. The molecule has 1 atom stereocenters. The summed E-state index contributed by atoms with van der Waals surface area (Å²) in [6, 6.07) is 0.935. The molecule has 1 unspecified atom stereocenters. The van der Waals surface area contributed by atoms with Crippen LogP contribution in [0.2, 0.25) is 0 Å². The Morgan fingerprint density at radius 2 is 2.26 bits per heavy atom. The third-order valence-corrected chi connectivity index (χ3v) is 2.86. The van der Waals surface area contributed by atoms with Gasteiger partial charge < -0.3 is 4.74 Å². The second-order valence-electron chi connectivity index (χ2n) is 3.95. The van der Waals surface area contributed by atoms with E-state index in [0.717, 1.165) is 11.9 Å². The molecule has 2 rings (SSSR count). The number of nitrogens with one attached hydrogen (secondary N) is 1. The number of halogens is 1. The van der Waals surface area contributed by atoms with Crippen LogP contribution in [-0.2, 0) is 6.54 Å². The van der Waals surface area contributed by atoms with E-state index in [-0.39, 0.29) is 0 Å². The highest BCUT2D eigenvalue weighted by molar-refractivity contribution is 5.35. The average Bonchev–Trinajstić information content (AvgIpc) is 2.83. The van der Waals surface area contributed by atoms with Crippen molar-refractivity contribution in [3.8, 4) is 5.75 Å². The number of aryl methyl sites for hydroxylation is 1. The molecule has 7 heteroatoms. The molecule has 2 aromatic rings. The third kappa shape index (κ3) is 2.56. The van der Waals surface area contributed by atoms with E-state index in [9.17, 15) is 4.39 Å². The van der Waals surface area contributed by atoms with E-state index in [1.807, 2.05) is 6.92 Å². The first kappa shape index (κ1) is 13.4. The highest BCUT2D eigenvalue weighted by atomic mass is 19.1. The molecular formula is C12H16FN5O. The van der Waals surface area contributed by atoms with Crippen LogP contribution in [0, 0.1) is 5.82 Å². The first-order valence-corrected chi connectivity index (χ1v) is 5.87. The zero-order chi connectivity index (χ0) is 13.8. The summed E-state index contributed by atoms with van der Waals surface area (Å²) in [5.41, 5.74) is 3.99. The van der Waals surface area contributed by atoms with Gasteiger partial charge in [-0.15, -0.1) is 0 Å². The molecule has 102 valence electrons. The first-order valence-electron chi connectivity index (χ1n) is 5.87. The summed E-state index contributed by atoms with van der Waals surface area (Å²) >= 11 is 0. The number of nitrogens with zero attached hydrogens (tertiary/aromatic N) is 3. The van der Waals surface area contributed by atoms with Gasteiger partial charge in [0.2, 0.25) is 0 Å². The normalized spacial score (nSPS) is 12.4. The van der Waals surface area contributed by atoms with Gasteiger partial charge in [-0.25, -0.2) is 9.82 Å². The lowest BCUT2D eigenvalue weighted by molar-refractivity contribution is 0.399. The molecule has 0 aliphatic heterocycles. The molecular weight excluding hydrogens is 249 g/mol. The van der Waals surface area contributed by atoms with Gasteiger partial charge in [-0.1, -0.05) is 0 Å². The van der Waals surface area contributed by atoms with Gasteiger partial charge in [0.1, 0.15) is 11.5 Å². The summed E-state index contributed by atoms with van der Waals surface area (Å²) in [6.07, 6.45) is 4.31. The fourth-order valence-electron chi connectivity index (χ4n) is 2.00. The van der Waals surface area contributed by atoms with Gasteiger partial charge in [-0.3, -0.25) is 15.5 Å². The Morgan fingerprint density at radius 1 is 1.47 bits per heavy atom. The van der Waals surface area contributed by atoms with Gasteiger partial charge in [0.15, 0.2) is 5.75 Å². The molecule has 0 fully saturated rings. The van der Waals surface area contributed by atoms with Gasteiger partial charge >= 0.3 is 0 Å². The maximum Gasteiger partial charge on any atom is 0.161 e. The van der Waals surface area contributed by atoms with Crippen LogP contribution in [-0.4, -0.2) is 21.9 Å². The number of nitrogens with two attached hydrogens (primary N) is 1. The molecule has 6 nitrogen and oxygen atoms in total. The highest BCUT2D eigenvalue weighted by Gasteiger charge is 2.22. The number of aromatic nitrogens is 3. The summed E-state index contributed by atoms with van der Waals surface area (Å²) in [6.45, 7) is 2.60. The van der Waals surface area contributed by atoms with Crippen LogP contribution in [0.4, 0.5) is 4.39 Å². The van der Waals surface area contributed by atoms with Gasteiger partial charge in [0.25, 0.3) is 0 Å². The lowest BCUT2D eigenvalue weighted by atomic mass is 10.1. The summed E-state index contributed by atoms with van der Waals surface area (Å²) in [4.78, 5) is 3.83. The quantitative estimate of drug-likeness (QED) is 0.623. The lowest BCUT2D eigenvalue weighted by Gasteiger charge is -2.18. The number of hydrazine groups is 1. The first-order chi connectivity index (χ1) is 9.21. The Hall–Kier alpha value is -1.99. The van der Waals surface area contributed by atoms with E-state index >= 15 is 0 Å². The van der Waals surface area contributed by atoms with Crippen LogP contribution >= 0.6 is 0 Å². The van der Waals surface area contributed by atoms with Crippen LogP contribution in [0.5, 0.6) is 5.75 Å². The average molecular weight is 265 g/mol. The van der Waals surface area contributed by atoms with E-state index in [4.69, 9.17) is 10.6 Å². The molecule has 19 heavy (non-hydrogen) atoms. The minimum Gasteiger partial charge on any atom is -0.493 e. The maximum absolute atomic E-state index is 13.3. The number of hydrogen-bond donors (Lipinski definition) is 2. The minimum absolute atomic E-state index is 0.417. The van der Waals surface area contributed by atoms with Crippen molar-refractivity contribution in [1.29, 1.82) is 0 Å². The van der Waals surface area contributed by atoms with Gasteiger partial charge in [0.05, 0.1) is 25.5 Å². The number of methoxy groups -OCH3 is 1. The standard InChI is InChI=1S/C12H16FN5O/c1-3-18-12(10(19-2)7-16-18)11(17-14)8-4-9(13)6-15-5-8/h4-7,11,17H,3,14H2,1-2H3. The topological polar surface area (TPSA) is 78.0 Å². The van der Waals surface area contributed by atoms with Crippen LogP contribution < -0.4 is 16.0 Å². The summed E-state index contributed by atoms with van der Waals surface area (Å²) in [5, 5.41) is 4.20. The van der Waals surface area contributed by atoms with Crippen molar-refractivity contribution < 1.29 is 9.13 Å². The number of rotatable bonds is 5. The molecule has 0 aliphatic rings. The molecule has 0 saturated carbocycles. The van der Waals surface area contributed by atoms with E-state index in [0.29, 0.717) is 17.9 Å². The third-order valence-electron chi connectivity index (χ3n) is 2.86. The second-order valence-corrected chi connectivity index (χ2v) is 3.95. The Labute approximate surface area is 110 Å². The Balaban J connectivity index is 2.50. The molecule has 0 saturated heterocycles. The maximum atomic E-state index is 13.3. The molecule has 0 spiro atoms. The zero-order valence-corrected chi connectivity index (χ0v) is 10.8. The van der Waals surface area contributed by atoms with Crippen molar-refractivity contribution in [1.82, 2.24) is 20.2 Å². The van der Waals surface area contributed by atoms with Crippen LogP contribution in [0.15, 0.2) is 24.7 Å². The largest absolute Gasteiger partial charge is 0.493 e. The van der Waals surface area contributed by atoms with E-state index in [2.05, 4.69) is 15.5 Å². The van der Waals surface area contributed by atoms with E-state index in [1.165, 1.54) is 6.07 Å². The van der Waals surface area contributed by atoms with Gasteiger partial charge in [-0.05, 0) is 18.6 Å². The van der Waals surface area contributed by atoms with Crippen molar-refractivity contribution in [2.75, 3.05) is 7.11 Å². The summed E-state index contributed by atoms with van der Waals surface area (Å²) < 4.78 is 20.3. The molecule has 0 aromatic carbocycles. The van der Waals surface area contributed by atoms with Crippen molar-refractivity contribution in [3.05, 3.63) is 41.7 Å². The molecule has 2 heterocycles. The number of hydrogen-bond acceptors (Lipinski definition) is 5. The van der Waals surface area contributed by atoms with Crippen LogP contribution in [0.1, 0.15) is 24.2 Å². The summed E-state index contributed by atoms with van der Waals surface area (Å²) in [7, 11) is 1.55. The molecule has 0 aliphatic carbocycles. The van der Waals surface area contributed by atoms with Crippen molar-refractivity contribution in [3.63, 3.8) is 0 Å².